The summed E-state index contributed by atoms with van der Waals surface area (Å²) in [5.41, 5.74) is 16.0. The molecule has 0 fully saturated rings. The van der Waals surface area contributed by atoms with Crippen molar-refractivity contribution in [3.05, 3.63) is 250 Å². The van der Waals surface area contributed by atoms with Crippen LogP contribution in [-0.2, 0) is 18.3 Å². The average Bonchev–Trinajstić information content (AvgIpc) is 3.28. The number of fused-ring (bicyclic) bond motifs is 4. The third-order valence-corrected chi connectivity index (χ3v) is 11.6. The highest BCUT2D eigenvalue weighted by Crippen LogP contribution is 2.36. The van der Waals surface area contributed by atoms with Crippen LogP contribution in [0.3, 0.4) is 0 Å². The van der Waals surface area contributed by atoms with Gasteiger partial charge in [0.05, 0.1) is 22.8 Å². The van der Waals surface area contributed by atoms with E-state index in [1.165, 1.54) is 55.6 Å². The van der Waals surface area contributed by atoms with Gasteiger partial charge >= 0.3 is 0 Å². The normalized spacial score (nSPS) is 12.7. The highest BCUT2D eigenvalue weighted by Gasteiger charge is 2.24. The standard InChI is InChI=1S/C55H42N2O2/c1-55(2,41-19-27-45(28-20-41)58-47-31-23-43(24-32-47)56-53-49-15-7-3-11-37(49)35-38-12-4-8-16-50(38)53)42-21-29-46(30-22-42)59-48-33-25-44(26-34-48)57-54-51-17-9-5-13-39(51)36-40-14-6-10-18-52(40)54/h3-34H,35-36H2,1-2H3. The molecule has 0 saturated carbocycles. The number of nitrogens with zero attached hydrogens (tertiary/aromatic N) is 2. The largest absolute Gasteiger partial charge is 0.457 e. The van der Waals surface area contributed by atoms with Crippen molar-refractivity contribution in [2.45, 2.75) is 32.1 Å². The monoisotopic (exact) mass is 762 g/mol. The molecule has 59 heavy (non-hydrogen) atoms. The Morgan fingerprint density at radius 2 is 0.610 bits per heavy atom. The van der Waals surface area contributed by atoms with Crippen molar-refractivity contribution >= 4 is 22.8 Å². The first kappa shape index (κ1) is 36.1. The van der Waals surface area contributed by atoms with Crippen LogP contribution in [0.15, 0.2) is 204 Å². The lowest BCUT2D eigenvalue weighted by molar-refractivity contribution is 0.481. The van der Waals surface area contributed by atoms with Crippen LogP contribution in [-0.4, -0.2) is 11.4 Å². The molecule has 10 rings (SSSR count). The molecule has 284 valence electrons. The minimum Gasteiger partial charge on any atom is -0.457 e. The molecule has 0 bridgehead atoms. The highest BCUT2D eigenvalue weighted by molar-refractivity contribution is 6.17. The number of benzene rings is 8. The summed E-state index contributed by atoms with van der Waals surface area (Å²) in [7, 11) is 0. The lowest BCUT2D eigenvalue weighted by atomic mass is 9.78. The van der Waals surface area contributed by atoms with E-state index in [0.717, 1.165) is 58.6 Å². The van der Waals surface area contributed by atoms with Crippen LogP contribution in [0.4, 0.5) is 11.4 Å². The molecule has 0 atom stereocenters. The second-order valence-corrected chi connectivity index (χ2v) is 15.8. The molecule has 2 aliphatic carbocycles. The van der Waals surface area contributed by atoms with Gasteiger partial charge in [-0.25, -0.2) is 9.98 Å². The predicted octanol–water partition coefficient (Wildman–Crippen LogP) is 13.7. The van der Waals surface area contributed by atoms with E-state index in [9.17, 15) is 0 Å². The minimum absolute atomic E-state index is 0.231. The smallest absolute Gasteiger partial charge is 0.127 e. The quantitative estimate of drug-likeness (QED) is 0.155. The van der Waals surface area contributed by atoms with Gasteiger partial charge < -0.3 is 9.47 Å². The van der Waals surface area contributed by atoms with E-state index in [-0.39, 0.29) is 5.41 Å². The Kier molecular flexibility index (Phi) is 9.31. The van der Waals surface area contributed by atoms with Crippen molar-refractivity contribution in [3.63, 3.8) is 0 Å². The second-order valence-electron chi connectivity index (χ2n) is 15.8. The van der Waals surface area contributed by atoms with E-state index in [0.29, 0.717) is 0 Å². The summed E-state index contributed by atoms with van der Waals surface area (Å²) in [6.07, 6.45) is 1.85. The fourth-order valence-corrected chi connectivity index (χ4v) is 8.32. The van der Waals surface area contributed by atoms with Gasteiger partial charge in [0.15, 0.2) is 0 Å². The van der Waals surface area contributed by atoms with Crippen molar-refractivity contribution in [1.29, 1.82) is 0 Å². The minimum atomic E-state index is -0.231. The fraction of sp³-hybridized carbons (Fsp3) is 0.0909. The summed E-state index contributed by atoms with van der Waals surface area (Å²) in [6, 6.07) is 67.0. The summed E-state index contributed by atoms with van der Waals surface area (Å²) in [4.78, 5) is 10.2. The Labute approximate surface area is 345 Å². The number of hydrogen-bond donors (Lipinski definition) is 0. The first-order valence-electron chi connectivity index (χ1n) is 20.2. The first-order chi connectivity index (χ1) is 28.9. The third-order valence-electron chi connectivity index (χ3n) is 11.6. The Hall–Kier alpha value is -7.30. The van der Waals surface area contributed by atoms with Gasteiger partial charge in [0.1, 0.15) is 23.0 Å². The van der Waals surface area contributed by atoms with Crippen molar-refractivity contribution in [2.75, 3.05) is 0 Å². The molecule has 0 aliphatic heterocycles. The van der Waals surface area contributed by atoms with Gasteiger partial charge in [-0.1, -0.05) is 135 Å². The summed E-state index contributed by atoms with van der Waals surface area (Å²) in [5.74, 6) is 3.11. The average molecular weight is 763 g/mol. The van der Waals surface area contributed by atoms with Gasteiger partial charge in [-0.05, 0) is 119 Å². The molecular formula is C55H42N2O2. The van der Waals surface area contributed by atoms with E-state index >= 15 is 0 Å². The zero-order chi connectivity index (χ0) is 39.8. The Balaban J connectivity index is 0.794. The Bertz CT molecular complexity index is 2580. The molecule has 0 aromatic heterocycles. The van der Waals surface area contributed by atoms with Gasteiger partial charge in [0.2, 0.25) is 0 Å². The first-order valence-corrected chi connectivity index (χ1v) is 20.2. The van der Waals surface area contributed by atoms with E-state index in [1.807, 2.05) is 72.8 Å². The van der Waals surface area contributed by atoms with E-state index in [1.54, 1.807) is 0 Å². The second kappa shape index (κ2) is 15.2. The number of hydrogen-bond acceptors (Lipinski definition) is 4. The molecule has 0 heterocycles. The molecule has 4 heteroatoms. The molecule has 4 nitrogen and oxygen atoms in total. The van der Waals surface area contributed by atoms with Crippen LogP contribution in [0.5, 0.6) is 23.0 Å². The molecule has 0 N–H and O–H groups in total. The van der Waals surface area contributed by atoms with E-state index < -0.39 is 0 Å². The predicted molar refractivity (Wildman–Crippen MR) is 240 cm³/mol. The van der Waals surface area contributed by atoms with Crippen molar-refractivity contribution < 1.29 is 9.47 Å². The van der Waals surface area contributed by atoms with Crippen LogP contribution < -0.4 is 9.47 Å². The molecule has 0 radical (unpaired) electrons. The topological polar surface area (TPSA) is 43.2 Å². The summed E-state index contributed by atoms with van der Waals surface area (Å²) >= 11 is 0. The van der Waals surface area contributed by atoms with Crippen molar-refractivity contribution in [2.24, 2.45) is 9.98 Å². The third kappa shape index (κ3) is 7.26. The molecule has 0 unspecified atom stereocenters. The fourth-order valence-electron chi connectivity index (χ4n) is 8.32. The van der Waals surface area contributed by atoms with Crippen LogP contribution in [0.2, 0.25) is 0 Å². The molecule has 8 aromatic carbocycles. The molecular weight excluding hydrogens is 721 g/mol. The molecule has 8 aromatic rings. The maximum Gasteiger partial charge on any atom is 0.127 e. The summed E-state index contributed by atoms with van der Waals surface area (Å²) < 4.78 is 12.6. The highest BCUT2D eigenvalue weighted by atomic mass is 16.5. The van der Waals surface area contributed by atoms with Gasteiger partial charge in [0.25, 0.3) is 0 Å². The number of ether oxygens (including phenoxy) is 2. The summed E-state index contributed by atoms with van der Waals surface area (Å²) in [5, 5.41) is 0. The molecule has 0 spiro atoms. The molecule has 2 aliphatic rings. The zero-order valence-electron chi connectivity index (χ0n) is 33.1. The molecule has 0 saturated heterocycles. The van der Waals surface area contributed by atoms with Crippen molar-refractivity contribution in [1.82, 2.24) is 0 Å². The maximum absolute atomic E-state index is 6.28. The van der Waals surface area contributed by atoms with Crippen LogP contribution >= 0.6 is 0 Å². The lowest BCUT2D eigenvalue weighted by Crippen LogP contribution is -2.18. The van der Waals surface area contributed by atoms with Crippen LogP contribution in [0, 0.1) is 0 Å². The van der Waals surface area contributed by atoms with E-state index in [4.69, 9.17) is 19.5 Å². The Morgan fingerprint density at radius 3 is 0.915 bits per heavy atom. The van der Waals surface area contributed by atoms with Gasteiger partial charge in [0, 0.05) is 27.7 Å². The summed E-state index contributed by atoms with van der Waals surface area (Å²) in [6.45, 7) is 4.48. The molecule has 0 amide bonds. The van der Waals surface area contributed by atoms with Crippen LogP contribution in [0.1, 0.15) is 69.5 Å². The van der Waals surface area contributed by atoms with E-state index in [2.05, 4.69) is 135 Å². The maximum atomic E-state index is 6.28. The van der Waals surface area contributed by atoms with Gasteiger partial charge in [-0.3, -0.25) is 0 Å². The Morgan fingerprint density at radius 1 is 0.339 bits per heavy atom. The number of aliphatic imine (C=N–C) groups is 2. The lowest BCUT2D eigenvalue weighted by Gasteiger charge is -2.26. The SMILES string of the molecule is CC(C)(c1ccc(Oc2ccc(N=C3c4ccccc4Cc4ccccc43)cc2)cc1)c1ccc(Oc2ccc(N=C3c4ccccc4Cc4ccccc43)cc2)cc1. The number of rotatable bonds is 8. The van der Waals surface area contributed by atoms with Gasteiger partial charge in [-0.2, -0.15) is 0 Å². The van der Waals surface area contributed by atoms with Crippen molar-refractivity contribution in [3.8, 4) is 23.0 Å². The van der Waals surface area contributed by atoms with Gasteiger partial charge in [-0.15, -0.1) is 0 Å². The van der Waals surface area contributed by atoms with Crippen LogP contribution in [0.25, 0.3) is 0 Å². The zero-order valence-corrected chi connectivity index (χ0v) is 33.1.